The van der Waals surface area contributed by atoms with E-state index in [1.165, 1.54) is 6.07 Å². The highest BCUT2D eigenvalue weighted by molar-refractivity contribution is 6.33. The number of fused-ring (bicyclic) bond motifs is 1. The molecule has 2 aromatic rings. The summed E-state index contributed by atoms with van der Waals surface area (Å²) in [5, 5.41) is 9.80. The van der Waals surface area contributed by atoms with E-state index in [4.69, 9.17) is 31.0 Å². The van der Waals surface area contributed by atoms with Gasteiger partial charge < -0.3 is 29.1 Å². The number of carbonyl (C=O) groups excluding carboxylic acids is 1. The van der Waals surface area contributed by atoms with Crippen LogP contribution in [0.5, 0.6) is 6.01 Å². The van der Waals surface area contributed by atoms with Gasteiger partial charge in [0.2, 0.25) is 5.91 Å². The lowest BCUT2D eigenvalue weighted by molar-refractivity contribution is -0.128. The average molecular weight is 667 g/mol. The molecule has 3 aliphatic heterocycles. The molecule has 0 spiro atoms. The Hall–Kier alpha value is -3.50. The van der Waals surface area contributed by atoms with Crippen LogP contribution in [0.2, 0.25) is 5.02 Å². The third kappa shape index (κ3) is 7.04. The molecule has 4 heterocycles. The molecule has 252 valence electrons. The summed E-state index contributed by atoms with van der Waals surface area (Å²) in [4.78, 5) is 33.5. The van der Waals surface area contributed by atoms with Crippen molar-refractivity contribution in [2.45, 2.75) is 62.4 Å². The van der Waals surface area contributed by atoms with Crippen molar-refractivity contribution in [1.82, 2.24) is 24.7 Å². The summed E-state index contributed by atoms with van der Waals surface area (Å²) in [5.41, 5.74) is 2.05. The third-order valence-corrected chi connectivity index (χ3v) is 10.3. The Morgan fingerprint density at radius 3 is 2.72 bits per heavy atom. The Balaban J connectivity index is 1.31. The van der Waals surface area contributed by atoms with Crippen molar-refractivity contribution < 1.29 is 18.7 Å². The lowest BCUT2D eigenvalue weighted by Crippen LogP contribution is -2.55. The van der Waals surface area contributed by atoms with E-state index in [0.29, 0.717) is 57.4 Å². The van der Waals surface area contributed by atoms with Gasteiger partial charge in [-0.3, -0.25) is 9.69 Å². The summed E-state index contributed by atoms with van der Waals surface area (Å²) < 4.78 is 26.9. The van der Waals surface area contributed by atoms with E-state index in [1.54, 1.807) is 24.2 Å². The van der Waals surface area contributed by atoms with Crippen molar-refractivity contribution >= 4 is 29.0 Å². The zero-order valence-corrected chi connectivity index (χ0v) is 28.4. The Labute approximate surface area is 281 Å². The van der Waals surface area contributed by atoms with Gasteiger partial charge in [-0.2, -0.15) is 15.2 Å². The number of aromatic nitrogens is 2. The van der Waals surface area contributed by atoms with Gasteiger partial charge >= 0.3 is 6.01 Å². The maximum absolute atomic E-state index is 14.4. The van der Waals surface area contributed by atoms with E-state index in [0.717, 1.165) is 42.9 Å². The minimum Gasteiger partial charge on any atom is -0.455 e. The van der Waals surface area contributed by atoms with Crippen LogP contribution in [-0.2, 0) is 22.5 Å². The summed E-state index contributed by atoms with van der Waals surface area (Å²) in [6, 6.07) is 7.35. The average Bonchev–Trinajstić information content (AvgIpc) is 3.72. The predicted octanol–water partition coefficient (Wildman–Crippen LogP) is 3.51. The second-order valence-corrected chi connectivity index (χ2v) is 13.8. The van der Waals surface area contributed by atoms with Gasteiger partial charge in [0.05, 0.1) is 53.6 Å². The van der Waals surface area contributed by atoms with Crippen molar-refractivity contribution in [3.8, 4) is 12.1 Å². The van der Waals surface area contributed by atoms with Crippen molar-refractivity contribution in [2.24, 2.45) is 0 Å². The fourth-order valence-electron chi connectivity index (χ4n) is 7.26. The van der Waals surface area contributed by atoms with Crippen LogP contribution in [0, 0.1) is 17.1 Å². The predicted molar refractivity (Wildman–Crippen MR) is 178 cm³/mol. The zero-order valence-electron chi connectivity index (χ0n) is 27.7. The number of nitrogens with zero attached hydrogens (tertiary/aromatic N) is 8. The summed E-state index contributed by atoms with van der Waals surface area (Å²) >= 11 is 6.41. The molecule has 1 amide bonds. The van der Waals surface area contributed by atoms with E-state index in [9.17, 15) is 14.4 Å². The number of nitriles is 1. The molecule has 3 fully saturated rings. The molecule has 0 N–H and O–H groups in total. The highest BCUT2D eigenvalue weighted by atomic mass is 35.5. The van der Waals surface area contributed by atoms with Crippen molar-refractivity contribution in [3.05, 3.63) is 52.4 Å². The van der Waals surface area contributed by atoms with Crippen LogP contribution in [0.15, 0.2) is 30.4 Å². The van der Waals surface area contributed by atoms with Crippen LogP contribution >= 0.6 is 11.6 Å². The first-order chi connectivity index (χ1) is 22.6. The third-order valence-electron chi connectivity index (χ3n) is 9.91. The van der Waals surface area contributed by atoms with Crippen LogP contribution in [0.4, 0.5) is 15.9 Å². The smallest absolute Gasteiger partial charge is 0.319 e. The maximum atomic E-state index is 14.4. The highest BCUT2D eigenvalue weighted by Crippen LogP contribution is 2.48. The topological polar surface area (TPSA) is 101 Å². The number of hydrogen-bond donors (Lipinski definition) is 0. The highest BCUT2D eigenvalue weighted by Gasteiger charge is 2.57. The normalized spacial score (nSPS) is 24.1. The van der Waals surface area contributed by atoms with E-state index in [-0.39, 0.29) is 41.1 Å². The molecule has 2 unspecified atom stereocenters. The Kier molecular flexibility index (Phi) is 9.90. The summed E-state index contributed by atoms with van der Waals surface area (Å²) in [7, 11) is 7.76. The fourth-order valence-corrected chi connectivity index (χ4v) is 7.51. The Morgan fingerprint density at radius 1 is 1.21 bits per heavy atom. The number of anilines is 2. The Morgan fingerprint density at radius 2 is 2.02 bits per heavy atom. The zero-order chi connectivity index (χ0) is 33.3. The number of rotatable bonds is 10. The number of methoxy groups -OCH3 is 1. The van der Waals surface area contributed by atoms with Gasteiger partial charge in [-0.1, -0.05) is 23.7 Å². The van der Waals surface area contributed by atoms with Crippen molar-refractivity contribution in [3.63, 3.8) is 0 Å². The van der Waals surface area contributed by atoms with E-state index in [2.05, 4.69) is 22.9 Å². The van der Waals surface area contributed by atoms with E-state index in [1.807, 2.05) is 36.0 Å². The van der Waals surface area contributed by atoms with E-state index >= 15 is 0 Å². The van der Waals surface area contributed by atoms with Crippen LogP contribution in [0.25, 0.3) is 0 Å². The number of hydrogen-bond acceptors (Lipinski definition) is 10. The van der Waals surface area contributed by atoms with Crippen LogP contribution in [0.1, 0.15) is 36.9 Å². The van der Waals surface area contributed by atoms with Gasteiger partial charge in [0.15, 0.2) is 0 Å². The first kappa shape index (κ1) is 33.4. The standard InChI is InChI=1S/C34H44ClFN8O3/c1-40(2)15-6-9-30(45)44-18-17-43(20-23(44)10-14-37)32-25-11-16-42(28-8-5-7-26(36)31(28)35)22-27(25)38-33(39-32)47-34(12-13-34)29-19-24(46-4)21-41(29)3/h5-9,23-24,29H,10-13,15-22H2,1-4H3/b9-6+/t23-,24?,29?/m0/s1. The number of amides is 1. The first-order valence-electron chi connectivity index (χ1n) is 16.4. The lowest BCUT2D eigenvalue weighted by Gasteiger charge is -2.42. The van der Waals surface area contributed by atoms with Crippen molar-refractivity contribution in [2.75, 3.05) is 77.3 Å². The quantitative estimate of drug-likeness (QED) is 0.350. The number of carbonyl (C=O) groups is 1. The summed E-state index contributed by atoms with van der Waals surface area (Å²) in [6.45, 7) is 4.03. The van der Waals surface area contributed by atoms with Crippen LogP contribution in [-0.4, -0.2) is 122 Å². The minimum absolute atomic E-state index is 0.0891. The van der Waals surface area contributed by atoms with Gasteiger partial charge in [-0.05, 0) is 59.0 Å². The molecule has 1 saturated carbocycles. The molecule has 0 radical (unpaired) electrons. The number of piperazine rings is 1. The Bertz CT molecular complexity index is 1550. The van der Waals surface area contributed by atoms with Gasteiger partial charge in [0.1, 0.15) is 17.2 Å². The van der Waals surface area contributed by atoms with Crippen molar-refractivity contribution in [1.29, 1.82) is 5.26 Å². The maximum Gasteiger partial charge on any atom is 0.319 e. The molecule has 2 saturated heterocycles. The molecule has 1 aromatic heterocycles. The molecule has 11 nitrogen and oxygen atoms in total. The summed E-state index contributed by atoms with van der Waals surface area (Å²) in [5.74, 6) is 0.230. The number of likely N-dealkylation sites (tertiary alicyclic amines) is 1. The van der Waals surface area contributed by atoms with Gasteiger partial charge in [-0.25, -0.2) is 4.39 Å². The molecule has 3 atom stereocenters. The second kappa shape index (κ2) is 13.9. The van der Waals surface area contributed by atoms with Gasteiger partial charge in [0, 0.05) is 58.0 Å². The second-order valence-electron chi connectivity index (χ2n) is 13.4. The van der Waals surface area contributed by atoms with Gasteiger partial charge in [0.25, 0.3) is 0 Å². The number of halogens is 2. The largest absolute Gasteiger partial charge is 0.455 e. The number of likely N-dealkylation sites (N-methyl/N-ethyl adjacent to an activating group) is 2. The molecular formula is C34H44ClFN8O3. The fraction of sp³-hybridized carbons (Fsp3) is 0.588. The molecule has 6 rings (SSSR count). The molecule has 1 aromatic carbocycles. The lowest BCUT2D eigenvalue weighted by atomic mass is 10.0. The van der Waals surface area contributed by atoms with E-state index < -0.39 is 5.82 Å². The SMILES string of the molecule is COC1CC(C2(Oc3nc4c(c(N5CCN(C(=O)/C=C/CN(C)C)[C@@H](CC#N)C5)n3)CCN(c3cccc(F)c3Cl)C4)CC2)N(C)C1. The molecule has 1 aliphatic carbocycles. The molecular weight excluding hydrogens is 623 g/mol. The molecule has 47 heavy (non-hydrogen) atoms. The minimum atomic E-state index is -0.458. The molecule has 0 bridgehead atoms. The van der Waals surface area contributed by atoms with Crippen LogP contribution in [0.3, 0.4) is 0 Å². The number of benzene rings is 1. The number of ether oxygens (including phenoxy) is 2. The van der Waals surface area contributed by atoms with Crippen LogP contribution < -0.4 is 14.5 Å². The monoisotopic (exact) mass is 666 g/mol. The first-order valence-corrected chi connectivity index (χ1v) is 16.7. The van der Waals surface area contributed by atoms with Gasteiger partial charge in [-0.15, -0.1) is 0 Å². The summed E-state index contributed by atoms with van der Waals surface area (Å²) in [6.07, 6.45) is 7.15. The molecule has 4 aliphatic rings. The molecule has 13 heteroatoms.